The van der Waals surface area contributed by atoms with E-state index in [1.165, 1.54) is 27.8 Å². The van der Waals surface area contributed by atoms with Crippen molar-refractivity contribution in [2.75, 3.05) is 31.6 Å². The summed E-state index contributed by atoms with van der Waals surface area (Å²) >= 11 is 1.69. The van der Waals surface area contributed by atoms with E-state index in [0.717, 1.165) is 23.1 Å². The second kappa shape index (κ2) is 9.93. The van der Waals surface area contributed by atoms with Crippen molar-refractivity contribution < 1.29 is 18.0 Å². The number of carbonyl (C=O) groups excluding carboxylic acids is 1. The molecular weight excluding hydrogens is 527 g/mol. The summed E-state index contributed by atoms with van der Waals surface area (Å²) in [5, 5.41) is 11.4. The number of thiophene rings is 1. The van der Waals surface area contributed by atoms with Crippen LogP contribution in [0.3, 0.4) is 0 Å². The van der Waals surface area contributed by atoms with Gasteiger partial charge in [-0.25, -0.2) is 14.6 Å². The van der Waals surface area contributed by atoms with Gasteiger partial charge in [-0.1, -0.05) is 6.07 Å². The number of alkyl halides is 3. The Balaban J connectivity index is 1.20. The molecule has 1 aliphatic rings. The number of rotatable bonds is 5. The number of nitrogens with one attached hydrogen (secondary N) is 1. The first-order valence-corrected chi connectivity index (χ1v) is 13.2. The number of likely N-dealkylation sites (N-methyl/N-ethyl adjacent to an activating group) is 1. The van der Waals surface area contributed by atoms with E-state index in [1.54, 1.807) is 17.5 Å². The summed E-state index contributed by atoms with van der Waals surface area (Å²) < 4.78 is 41.6. The normalized spacial score (nSPS) is 16.7. The van der Waals surface area contributed by atoms with Crippen LogP contribution < -0.4 is 10.2 Å². The van der Waals surface area contributed by atoms with Gasteiger partial charge < -0.3 is 10.2 Å². The number of halogens is 3. The smallest absolute Gasteiger partial charge is 0.353 e. The van der Waals surface area contributed by atoms with Crippen molar-refractivity contribution in [2.45, 2.75) is 18.8 Å². The first kappa shape index (κ1) is 25.3. The Morgan fingerprint density at radius 1 is 1.10 bits per heavy atom. The molecule has 0 bridgehead atoms. The molecule has 39 heavy (non-hydrogen) atoms. The number of fused-ring (bicyclic) bond motifs is 2. The van der Waals surface area contributed by atoms with Crippen LogP contribution in [0.5, 0.6) is 0 Å². The van der Waals surface area contributed by atoms with E-state index in [-0.39, 0.29) is 5.91 Å². The van der Waals surface area contributed by atoms with Crippen molar-refractivity contribution in [3.05, 3.63) is 77.6 Å². The molecule has 12 heteroatoms. The zero-order valence-electron chi connectivity index (χ0n) is 20.9. The minimum absolute atomic E-state index is 0.0710. The molecule has 2 aromatic carbocycles. The topological polar surface area (TPSA) is 79.2 Å². The van der Waals surface area contributed by atoms with Gasteiger partial charge in [0.05, 0.1) is 16.6 Å². The Bertz CT molecular complexity index is 1650. The molecule has 6 rings (SSSR count). The second-order valence-electron chi connectivity index (χ2n) is 9.51. The Hall–Kier alpha value is -4.03. The fourth-order valence-corrected chi connectivity index (χ4v) is 5.57. The molecule has 0 saturated carbocycles. The Labute approximate surface area is 225 Å². The SMILES string of the molecule is CN1CCN(c2ncnc3nn(-c4ccc(C(F)(F)F)cc4)cc23)C[C@@H]1C(=O)NCc1ccc2sccc2c1. The molecule has 1 fully saturated rings. The number of aromatic nitrogens is 4. The molecule has 0 radical (unpaired) electrons. The lowest BCUT2D eigenvalue weighted by Crippen LogP contribution is -2.57. The van der Waals surface area contributed by atoms with E-state index in [2.05, 4.69) is 44.0 Å². The van der Waals surface area contributed by atoms with Crippen LogP contribution in [0.2, 0.25) is 0 Å². The van der Waals surface area contributed by atoms with Gasteiger partial charge in [0.2, 0.25) is 5.91 Å². The van der Waals surface area contributed by atoms with E-state index in [4.69, 9.17) is 0 Å². The zero-order chi connectivity index (χ0) is 27.1. The summed E-state index contributed by atoms with van der Waals surface area (Å²) in [4.78, 5) is 26.0. The Kier molecular flexibility index (Phi) is 6.43. The fourth-order valence-electron chi connectivity index (χ4n) is 4.80. The number of hydrogen-bond acceptors (Lipinski definition) is 7. The second-order valence-corrected chi connectivity index (χ2v) is 10.5. The highest BCUT2D eigenvalue weighted by atomic mass is 32.1. The van der Waals surface area contributed by atoms with Crippen LogP contribution in [-0.2, 0) is 17.5 Å². The maximum atomic E-state index is 13.2. The third kappa shape index (κ3) is 5.04. The minimum Gasteiger partial charge on any atom is -0.353 e. The quantitative estimate of drug-likeness (QED) is 0.347. The van der Waals surface area contributed by atoms with Crippen molar-refractivity contribution in [1.82, 2.24) is 30.0 Å². The van der Waals surface area contributed by atoms with Crippen LogP contribution in [0, 0.1) is 0 Å². The molecule has 0 unspecified atom stereocenters. The predicted molar refractivity (Wildman–Crippen MR) is 144 cm³/mol. The monoisotopic (exact) mass is 551 g/mol. The number of hydrogen-bond donors (Lipinski definition) is 1. The van der Waals surface area contributed by atoms with E-state index in [1.807, 2.05) is 22.9 Å². The van der Waals surface area contributed by atoms with Crippen LogP contribution in [0.1, 0.15) is 11.1 Å². The van der Waals surface area contributed by atoms with Gasteiger partial charge in [-0.15, -0.1) is 16.4 Å². The van der Waals surface area contributed by atoms with Crippen molar-refractivity contribution in [3.63, 3.8) is 0 Å². The van der Waals surface area contributed by atoms with Gasteiger partial charge in [0.25, 0.3) is 0 Å². The first-order valence-electron chi connectivity index (χ1n) is 12.3. The summed E-state index contributed by atoms with van der Waals surface area (Å²) in [5.74, 6) is 0.560. The van der Waals surface area contributed by atoms with Crippen molar-refractivity contribution >= 4 is 44.2 Å². The van der Waals surface area contributed by atoms with E-state index in [0.29, 0.717) is 48.7 Å². The van der Waals surface area contributed by atoms with Crippen LogP contribution in [0.15, 0.2) is 66.4 Å². The molecule has 1 atom stereocenters. The minimum atomic E-state index is -4.41. The van der Waals surface area contributed by atoms with Crippen LogP contribution in [0.4, 0.5) is 19.0 Å². The van der Waals surface area contributed by atoms with Gasteiger partial charge in [0.1, 0.15) is 18.2 Å². The number of amides is 1. The number of carbonyl (C=O) groups is 1. The van der Waals surface area contributed by atoms with Gasteiger partial charge in [0, 0.05) is 37.1 Å². The summed E-state index contributed by atoms with van der Waals surface area (Å²) in [7, 11) is 1.93. The van der Waals surface area contributed by atoms with Crippen LogP contribution >= 0.6 is 11.3 Å². The van der Waals surface area contributed by atoms with Crippen molar-refractivity contribution in [1.29, 1.82) is 0 Å². The standard InChI is InChI=1S/C27H24F3N7OS/c1-35-9-10-36(15-22(35)26(38)31-13-17-2-7-23-18(12-17)8-11-39-23)25-21-14-37(34-24(21)32-16-33-25)20-5-3-19(4-6-20)27(28,29)30/h2-8,11-12,14,16,22H,9-10,13,15H2,1H3,(H,31,38)/t22-/m1/s1. The highest BCUT2D eigenvalue weighted by Gasteiger charge is 2.32. The average molecular weight is 552 g/mol. The van der Waals surface area contributed by atoms with Gasteiger partial charge in [-0.05, 0) is 65.8 Å². The van der Waals surface area contributed by atoms with Crippen molar-refractivity contribution in [3.8, 4) is 5.69 Å². The lowest BCUT2D eigenvalue weighted by atomic mass is 10.1. The highest BCUT2D eigenvalue weighted by molar-refractivity contribution is 7.17. The maximum Gasteiger partial charge on any atom is 0.416 e. The third-order valence-corrected chi connectivity index (χ3v) is 7.89. The number of anilines is 1. The van der Waals surface area contributed by atoms with Crippen LogP contribution in [-0.4, -0.2) is 63.3 Å². The molecule has 5 aromatic rings. The molecule has 1 aliphatic heterocycles. The first-order chi connectivity index (χ1) is 18.8. The number of piperazine rings is 1. The molecule has 1 saturated heterocycles. The summed E-state index contributed by atoms with van der Waals surface area (Å²) in [6.45, 7) is 2.15. The van der Waals surface area contributed by atoms with Gasteiger partial charge in [0.15, 0.2) is 5.65 Å². The molecule has 0 spiro atoms. The van der Waals surface area contributed by atoms with Gasteiger partial charge in [-0.3, -0.25) is 9.69 Å². The highest BCUT2D eigenvalue weighted by Crippen LogP contribution is 2.30. The molecule has 0 aliphatic carbocycles. The summed E-state index contributed by atoms with van der Waals surface area (Å²) in [5.41, 5.74) is 1.21. The molecule has 8 nitrogen and oxygen atoms in total. The largest absolute Gasteiger partial charge is 0.416 e. The molecule has 200 valence electrons. The average Bonchev–Trinajstić information content (AvgIpc) is 3.58. The van der Waals surface area contributed by atoms with Gasteiger partial charge >= 0.3 is 6.18 Å². The number of benzene rings is 2. The molecule has 4 heterocycles. The molecule has 1 amide bonds. The van der Waals surface area contributed by atoms with E-state index in [9.17, 15) is 18.0 Å². The fraction of sp³-hybridized carbons (Fsp3) is 0.259. The lowest BCUT2D eigenvalue weighted by Gasteiger charge is -2.39. The maximum absolute atomic E-state index is 13.2. The van der Waals surface area contributed by atoms with Crippen molar-refractivity contribution in [2.24, 2.45) is 0 Å². The lowest BCUT2D eigenvalue weighted by molar-refractivity contribution is -0.137. The Morgan fingerprint density at radius 3 is 2.72 bits per heavy atom. The molecule has 3 aromatic heterocycles. The zero-order valence-corrected chi connectivity index (χ0v) is 21.7. The summed E-state index contributed by atoms with van der Waals surface area (Å²) in [6, 6.07) is 12.7. The number of nitrogens with zero attached hydrogens (tertiary/aromatic N) is 6. The van der Waals surface area contributed by atoms with E-state index >= 15 is 0 Å². The van der Waals surface area contributed by atoms with Crippen LogP contribution in [0.25, 0.3) is 26.8 Å². The predicted octanol–water partition coefficient (Wildman–Crippen LogP) is 4.49. The molecular formula is C27H24F3N7OS. The summed E-state index contributed by atoms with van der Waals surface area (Å²) in [6.07, 6.45) is -1.29. The molecule has 1 N–H and O–H groups in total. The Morgan fingerprint density at radius 2 is 1.92 bits per heavy atom. The third-order valence-electron chi connectivity index (χ3n) is 6.99. The van der Waals surface area contributed by atoms with Gasteiger partial charge in [-0.2, -0.15) is 13.2 Å². The van der Waals surface area contributed by atoms with E-state index < -0.39 is 17.8 Å².